The number of carbonyl (C=O) groups excluding carboxylic acids is 1. The van der Waals surface area contributed by atoms with Crippen LogP contribution in [0.3, 0.4) is 0 Å². The predicted octanol–water partition coefficient (Wildman–Crippen LogP) is 0.199. The van der Waals surface area contributed by atoms with E-state index in [-0.39, 0.29) is 11.6 Å². The van der Waals surface area contributed by atoms with Crippen LogP contribution in [0.2, 0.25) is 0 Å². The van der Waals surface area contributed by atoms with Crippen molar-refractivity contribution in [2.75, 3.05) is 19.6 Å². The average molecular weight is 229 g/mol. The number of β-amino-alcohol motifs (C(OH)–C–C–N with tert-alkyl or cyclic N) is 1. The van der Waals surface area contributed by atoms with Crippen LogP contribution in [-0.2, 0) is 0 Å². The van der Waals surface area contributed by atoms with Gasteiger partial charge in [0.1, 0.15) is 0 Å². The Kier molecular flexibility index (Phi) is 4.15. The van der Waals surface area contributed by atoms with Gasteiger partial charge in [-0.25, -0.2) is 4.79 Å². The van der Waals surface area contributed by atoms with Gasteiger partial charge in [0.25, 0.3) is 0 Å². The first-order chi connectivity index (χ1) is 7.37. The molecule has 1 heterocycles. The van der Waals surface area contributed by atoms with Gasteiger partial charge in [-0.05, 0) is 33.2 Å². The molecule has 5 nitrogen and oxygen atoms in total. The molecular formula is C11H23N3O2. The lowest BCUT2D eigenvalue weighted by Crippen LogP contribution is -2.52. The summed E-state index contributed by atoms with van der Waals surface area (Å²) in [7, 11) is 0. The maximum atomic E-state index is 11.6. The van der Waals surface area contributed by atoms with Crippen LogP contribution in [0.25, 0.3) is 0 Å². The zero-order valence-corrected chi connectivity index (χ0v) is 10.4. The van der Waals surface area contributed by atoms with E-state index in [1.165, 1.54) is 0 Å². The summed E-state index contributed by atoms with van der Waals surface area (Å²) in [5.41, 5.74) is -0.992. The molecule has 94 valence electrons. The minimum atomic E-state index is -0.784. The predicted molar refractivity (Wildman–Crippen MR) is 63.3 cm³/mol. The molecule has 1 aliphatic heterocycles. The van der Waals surface area contributed by atoms with Crippen molar-refractivity contribution >= 4 is 6.03 Å². The number of rotatable bonds is 4. The van der Waals surface area contributed by atoms with Crippen LogP contribution >= 0.6 is 0 Å². The van der Waals surface area contributed by atoms with E-state index < -0.39 is 5.60 Å². The molecule has 0 radical (unpaired) electrons. The second-order valence-electron chi connectivity index (χ2n) is 5.20. The maximum Gasteiger partial charge on any atom is 0.315 e. The van der Waals surface area contributed by atoms with Gasteiger partial charge < -0.3 is 21.1 Å². The number of amides is 2. The Balaban J connectivity index is 2.30. The second-order valence-corrected chi connectivity index (χ2v) is 5.20. The van der Waals surface area contributed by atoms with Gasteiger partial charge in [-0.2, -0.15) is 0 Å². The molecule has 1 saturated heterocycles. The van der Waals surface area contributed by atoms with Crippen LogP contribution in [0.1, 0.15) is 33.6 Å². The van der Waals surface area contributed by atoms with Crippen LogP contribution < -0.4 is 16.0 Å². The van der Waals surface area contributed by atoms with E-state index in [4.69, 9.17) is 0 Å². The fourth-order valence-electron chi connectivity index (χ4n) is 1.57. The summed E-state index contributed by atoms with van der Waals surface area (Å²) in [5.74, 6) is 0. The van der Waals surface area contributed by atoms with Crippen molar-refractivity contribution in [2.45, 2.75) is 44.8 Å². The molecule has 4 N–H and O–H groups in total. The van der Waals surface area contributed by atoms with Crippen molar-refractivity contribution in [1.29, 1.82) is 0 Å². The Morgan fingerprint density at radius 1 is 1.56 bits per heavy atom. The molecule has 0 spiro atoms. The molecule has 1 rings (SSSR count). The SMILES string of the molecule is CCC(C)(C)NC(=O)NCC1(O)CCNC1. The summed E-state index contributed by atoms with van der Waals surface area (Å²) in [6.45, 7) is 7.61. The summed E-state index contributed by atoms with van der Waals surface area (Å²) in [6.07, 6.45) is 1.55. The Bertz CT molecular complexity index is 248. The third kappa shape index (κ3) is 3.98. The van der Waals surface area contributed by atoms with Crippen LogP contribution in [0.5, 0.6) is 0 Å². The molecule has 5 heteroatoms. The van der Waals surface area contributed by atoms with E-state index in [1.807, 2.05) is 20.8 Å². The van der Waals surface area contributed by atoms with Crippen molar-refractivity contribution < 1.29 is 9.90 Å². The lowest BCUT2D eigenvalue weighted by Gasteiger charge is -2.27. The highest BCUT2D eigenvalue weighted by molar-refractivity contribution is 5.74. The lowest BCUT2D eigenvalue weighted by atomic mass is 10.0. The lowest BCUT2D eigenvalue weighted by molar-refractivity contribution is 0.0631. The van der Waals surface area contributed by atoms with Crippen molar-refractivity contribution in [1.82, 2.24) is 16.0 Å². The summed E-state index contributed by atoms with van der Waals surface area (Å²) >= 11 is 0. The largest absolute Gasteiger partial charge is 0.387 e. The van der Waals surface area contributed by atoms with Crippen LogP contribution in [0, 0.1) is 0 Å². The first kappa shape index (κ1) is 13.3. The van der Waals surface area contributed by atoms with Gasteiger partial charge in [-0.15, -0.1) is 0 Å². The van der Waals surface area contributed by atoms with Crippen LogP contribution in [0.4, 0.5) is 4.79 Å². The zero-order chi connectivity index (χ0) is 12.2. The van der Waals surface area contributed by atoms with E-state index in [9.17, 15) is 9.90 Å². The first-order valence-electron chi connectivity index (χ1n) is 5.86. The van der Waals surface area contributed by atoms with Gasteiger partial charge in [0.15, 0.2) is 0 Å². The molecule has 1 atom stereocenters. The quantitative estimate of drug-likeness (QED) is 0.556. The minimum absolute atomic E-state index is 0.208. The van der Waals surface area contributed by atoms with E-state index in [0.717, 1.165) is 13.0 Å². The molecule has 0 aliphatic carbocycles. The molecule has 0 aromatic heterocycles. The van der Waals surface area contributed by atoms with Crippen molar-refractivity contribution in [3.05, 3.63) is 0 Å². The Morgan fingerprint density at radius 2 is 2.25 bits per heavy atom. The second kappa shape index (κ2) is 5.01. The monoisotopic (exact) mass is 229 g/mol. The van der Waals surface area contributed by atoms with Gasteiger partial charge in [0.2, 0.25) is 0 Å². The highest BCUT2D eigenvalue weighted by Gasteiger charge is 2.31. The molecule has 2 amide bonds. The van der Waals surface area contributed by atoms with Gasteiger partial charge in [0.05, 0.1) is 5.60 Å². The number of hydrogen-bond acceptors (Lipinski definition) is 3. The number of aliphatic hydroxyl groups is 1. The standard InChI is InChI=1S/C11H23N3O2/c1-4-10(2,3)14-9(15)13-8-11(16)5-6-12-7-11/h12,16H,4-8H2,1-3H3,(H2,13,14,15). The number of hydrogen-bond donors (Lipinski definition) is 4. The van der Waals surface area contributed by atoms with E-state index in [0.29, 0.717) is 19.5 Å². The minimum Gasteiger partial charge on any atom is -0.387 e. The van der Waals surface area contributed by atoms with E-state index in [2.05, 4.69) is 16.0 Å². The number of carbonyl (C=O) groups is 1. The molecule has 0 aromatic carbocycles. The zero-order valence-electron chi connectivity index (χ0n) is 10.4. The van der Waals surface area contributed by atoms with E-state index in [1.54, 1.807) is 0 Å². The molecule has 0 bridgehead atoms. The normalized spacial score (nSPS) is 25.5. The molecule has 16 heavy (non-hydrogen) atoms. The van der Waals surface area contributed by atoms with E-state index >= 15 is 0 Å². The van der Waals surface area contributed by atoms with Crippen molar-refractivity contribution in [3.63, 3.8) is 0 Å². The Morgan fingerprint density at radius 3 is 2.75 bits per heavy atom. The Hall–Kier alpha value is -0.810. The number of nitrogens with one attached hydrogen (secondary N) is 3. The van der Waals surface area contributed by atoms with Crippen LogP contribution in [0.15, 0.2) is 0 Å². The molecule has 1 aliphatic rings. The topological polar surface area (TPSA) is 73.4 Å². The number of urea groups is 1. The maximum absolute atomic E-state index is 11.6. The molecule has 0 saturated carbocycles. The van der Waals surface area contributed by atoms with Gasteiger partial charge >= 0.3 is 6.03 Å². The summed E-state index contributed by atoms with van der Waals surface area (Å²) < 4.78 is 0. The molecule has 1 fully saturated rings. The Labute approximate surface area is 97.0 Å². The first-order valence-corrected chi connectivity index (χ1v) is 5.86. The average Bonchev–Trinajstić information content (AvgIpc) is 2.63. The van der Waals surface area contributed by atoms with Gasteiger partial charge in [-0.1, -0.05) is 6.92 Å². The smallest absolute Gasteiger partial charge is 0.315 e. The van der Waals surface area contributed by atoms with Gasteiger partial charge in [-0.3, -0.25) is 0 Å². The van der Waals surface area contributed by atoms with Gasteiger partial charge in [0, 0.05) is 18.6 Å². The third-order valence-electron chi connectivity index (χ3n) is 3.13. The fourth-order valence-corrected chi connectivity index (χ4v) is 1.57. The molecule has 0 aromatic rings. The van der Waals surface area contributed by atoms with Crippen molar-refractivity contribution in [2.24, 2.45) is 0 Å². The summed E-state index contributed by atoms with van der Waals surface area (Å²) in [6, 6.07) is -0.216. The third-order valence-corrected chi connectivity index (χ3v) is 3.13. The highest BCUT2D eigenvalue weighted by Crippen LogP contribution is 2.12. The van der Waals surface area contributed by atoms with Crippen molar-refractivity contribution in [3.8, 4) is 0 Å². The highest BCUT2D eigenvalue weighted by atomic mass is 16.3. The van der Waals surface area contributed by atoms with Crippen LogP contribution in [-0.4, -0.2) is 41.9 Å². The molecular weight excluding hydrogens is 206 g/mol. The summed E-state index contributed by atoms with van der Waals surface area (Å²) in [5, 5.41) is 18.6. The molecule has 1 unspecified atom stereocenters. The fraction of sp³-hybridized carbons (Fsp3) is 0.909. The summed E-state index contributed by atoms with van der Waals surface area (Å²) in [4.78, 5) is 11.6.